The predicted molar refractivity (Wildman–Crippen MR) is 84.8 cm³/mol. The Morgan fingerprint density at radius 3 is 2.67 bits per heavy atom. The first kappa shape index (κ1) is 14.3. The zero-order valence-electron chi connectivity index (χ0n) is 11.1. The Labute approximate surface area is 134 Å². The number of amides is 1. The van der Waals surface area contributed by atoms with E-state index in [1.807, 2.05) is 6.07 Å². The summed E-state index contributed by atoms with van der Waals surface area (Å²) in [5, 5.41) is 5.81. The summed E-state index contributed by atoms with van der Waals surface area (Å²) in [7, 11) is 0. The molecule has 108 valence electrons. The van der Waals surface area contributed by atoms with Crippen LogP contribution < -0.4 is 5.73 Å². The second-order valence-electron chi connectivity index (χ2n) is 4.53. The number of carbonyl (C=O) groups is 1. The molecular formula is C13H10Cl2N4OS. The number of nitrogens with two attached hydrogens (primary N) is 1. The van der Waals surface area contributed by atoms with Crippen LogP contribution in [0.25, 0.3) is 15.3 Å². The third-order valence-corrected chi connectivity index (χ3v) is 4.95. The number of aromatic nitrogens is 3. The lowest BCUT2D eigenvalue weighted by molar-refractivity contribution is 0.0999. The van der Waals surface area contributed by atoms with Gasteiger partial charge in [0.2, 0.25) is 5.13 Å². The first-order valence-electron chi connectivity index (χ1n) is 6.01. The quantitative estimate of drug-likeness (QED) is 0.775. The third kappa shape index (κ3) is 2.19. The number of hydrogen-bond donors (Lipinski definition) is 1. The fraction of sp³-hybridized carbons (Fsp3) is 0.154. The minimum absolute atomic E-state index is 0.410. The molecule has 1 aromatic carbocycles. The van der Waals surface area contributed by atoms with Gasteiger partial charge in [0.05, 0.1) is 31.7 Å². The van der Waals surface area contributed by atoms with Crippen LogP contribution in [0, 0.1) is 13.8 Å². The normalized spacial score (nSPS) is 11.2. The molecule has 0 spiro atoms. The zero-order valence-corrected chi connectivity index (χ0v) is 13.5. The minimum atomic E-state index is -0.501. The molecular weight excluding hydrogens is 331 g/mol. The maximum absolute atomic E-state index is 11.5. The number of fused-ring (bicyclic) bond motifs is 1. The highest BCUT2D eigenvalue weighted by molar-refractivity contribution is 7.20. The number of aryl methyl sites for hydroxylation is 1. The van der Waals surface area contributed by atoms with Crippen LogP contribution in [0.2, 0.25) is 10.0 Å². The zero-order chi connectivity index (χ0) is 15.3. The molecule has 0 aliphatic heterocycles. The van der Waals surface area contributed by atoms with E-state index < -0.39 is 5.91 Å². The smallest absolute Gasteiger partial charge is 0.252 e. The summed E-state index contributed by atoms with van der Waals surface area (Å²) in [6, 6.07) is 3.58. The van der Waals surface area contributed by atoms with Gasteiger partial charge in [-0.1, -0.05) is 34.5 Å². The Morgan fingerprint density at radius 1 is 1.33 bits per heavy atom. The molecule has 1 amide bonds. The highest BCUT2D eigenvalue weighted by atomic mass is 35.5. The lowest BCUT2D eigenvalue weighted by Gasteiger charge is -1.98. The van der Waals surface area contributed by atoms with Crippen LogP contribution in [0.3, 0.4) is 0 Å². The van der Waals surface area contributed by atoms with Crippen LogP contribution in [0.15, 0.2) is 12.1 Å². The van der Waals surface area contributed by atoms with Gasteiger partial charge < -0.3 is 5.73 Å². The molecule has 21 heavy (non-hydrogen) atoms. The van der Waals surface area contributed by atoms with Crippen molar-refractivity contribution in [2.75, 3.05) is 0 Å². The molecule has 0 radical (unpaired) electrons. The molecule has 2 heterocycles. The number of carbonyl (C=O) groups excluding carboxylic acids is 1. The Balaban J connectivity index is 2.24. The van der Waals surface area contributed by atoms with E-state index in [0.29, 0.717) is 37.6 Å². The summed E-state index contributed by atoms with van der Waals surface area (Å²) in [6.45, 7) is 3.52. The monoisotopic (exact) mass is 340 g/mol. The van der Waals surface area contributed by atoms with E-state index in [-0.39, 0.29) is 0 Å². The van der Waals surface area contributed by atoms with Crippen molar-refractivity contribution < 1.29 is 4.79 Å². The van der Waals surface area contributed by atoms with Crippen LogP contribution in [-0.2, 0) is 0 Å². The highest BCUT2D eigenvalue weighted by Crippen LogP contribution is 2.35. The van der Waals surface area contributed by atoms with Gasteiger partial charge in [0.1, 0.15) is 5.52 Å². The van der Waals surface area contributed by atoms with Gasteiger partial charge in [0.25, 0.3) is 5.91 Å². The van der Waals surface area contributed by atoms with E-state index in [2.05, 4.69) is 10.1 Å². The van der Waals surface area contributed by atoms with Crippen molar-refractivity contribution in [1.82, 2.24) is 14.8 Å². The van der Waals surface area contributed by atoms with Gasteiger partial charge in [-0.2, -0.15) is 5.10 Å². The van der Waals surface area contributed by atoms with Gasteiger partial charge in [-0.05, 0) is 26.0 Å². The van der Waals surface area contributed by atoms with Crippen molar-refractivity contribution in [3.05, 3.63) is 39.1 Å². The van der Waals surface area contributed by atoms with Crippen molar-refractivity contribution in [3.63, 3.8) is 0 Å². The van der Waals surface area contributed by atoms with Crippen molar-refractivity contribution in [2.24, 2.45) is 5.73 Å². The SMILES string of the molecule is Cc1nn(-c2nc3c(Cl)c(Cl)ccc3s2)c(C)c1C(N)=O. The molecule has 0 aliphatic carbocycles. The molecule has 8 heteroatoms. The molecule has 0 atom stereocenters. The Hall–Kier alpha value is -1.63. The maximum Gasteiger partial charge on any atom is 0.252 e. The van der Waals surface area contributed by atoms with E-state index in [1.54, 1.807) is 24.6 Å². The van der Waals surface area contributed by atoms with Crippen LogP contribution >= 0.6 is 34.5 Å². The molecule has 5 nitrogen and oxygen atoms in total. The van der Waals surface area contributed by atoms with Crippen molar-refractivity contribution in [2.45, 2.75) is 13.8 Å². The van der Waals surface area contributed by atoms with Gasteiger partial charge in [-0.25, -0.2) is 9.67 Å². The molecule has 0 saturated heterocycles. The maximum atomic E-state index is 11.5. The average molecular weight is 341 g/mol. The minimum Gasteiger partial charge on any atom is -0.365 e. The van der Waals surface area contributed by atoms with Crippen LogP contribution in [-0.4, -0.2) is 20.7 Å². The Bertz CT molecular complexity index is 884. The average Bonchev–Trinajstić information content (AvgIpc) is 2.95. The molecule has 2 aromatic heterocycles. The van der Waals surface area contributed by atoms with Gasteiger partial charge >= 0.3 is 0 Å². The van der Waals surface area contributed by atoms with E-state index in [4.69, 9.17) is 28.9 Å². The second kappa shape index (κ2) is 4.98. The topological polar surface area (TPSA) is 73.8 Å². The molecule has 0 saturated carbocycles. The van der Waals surface area contributed by atoms with Crippen molar-refractivity contribution in [1.29, 1.82) is 0 Å². The van der Waals surface area contributed by atoms with Crippen molar-refractivity contribution in [3.8, 4) is 5.13 Å². The van der Waals surface area contributed by atoms with E-state index in [9.17, 15) is 4.79 Å². The van der Waals surface area contributed by atoms with E-state index in [0.717, 1.165) is 4.70 Å². The molecule has 2 N–H and O–H groups in total. The van der Waals surface area contributed by atoms with Gasteiger partial charge in [-0.15, -0.1) is 0 Å². The Morgan fingerprint density at radius 2 is 2.05 bits per heavy atom. The summed E-state index contributed by atoms with van der Waals surface area (Å²) < 4.78 is 2.50. The lowest BCUT2D eigenvalue weighted by Crippen LogP contribution is -2.13. The molecule has 0 bridgehead atoms. The molecule has 0 aliphatic rings. The highest BCUT2D eigenvalue weighted by Gasteiger charge is 2.19. The summed E-state index contributed by atoms with van der Waals surface area (Å²) in [5.41, 5.74) is 7.64. The lowest BCUT2D eigenvalue weighted by atomic mass is 10.2. The molecule has 0 fully saturated rings. The van der Waals surface area contributed by atoms with Crippen LogP contribution in [0.1, 0.15) is 21.7 Å². The van der Waals surface area contributed by atoms with E-state index >= 15 is 0 Å². The number of primary amides is 1. The van der Waals surface area contributed by atoms with E-state index in [1.165, 1.54) is 11.3 Å². The first-order chi connectivity index (χ1) is 9.90. The Kier molecular flexibility index (Phi) is 3.39. The largest absolute Gasteiger partial charge is 0.365 e. The second-order valence-corrected chi connectivity index (χ2v) is 6.32. The van der Waals surface area contributed by atoms with Crippen LogP contribution in [0.4, 0.5) is 0 Å². The fourth-order valence-corrected chi connectivity index (χ4v) is 3.60. The first-order valence-corrected chi connectivity index (χ1v) is 7.58. The fourth-order valence-electron chi connectivity index (χ4n) is 2.20. The molecule has 3 rings (SSSR count). The predicted octanol–water partition coefficient (Wildman–Crippen LogP) is 3.50. The van der Waals surface area contributed by atoms with Gasteiger partial charge in [0, 0.05) is 0 Å². The number of nitrogens with zero attached hydrogens (tertiary/aromatic N) is 3. The number of rotatable bonds is 2. The number of benzene rings is 1. The third-order valence-electron chi connectivity index (χ3n) is 3.16. The number of thiazole rings is 1. The van der Waals surface area contributed by atoms with Crippen molar-refractivity contribution >= 4 is 50.7 Å². The molecule has 3 aromatic rings. The standard InChI is InChI=1S/C13H10Cl2N4OS/c1-5-9(12(16)20)6(2)19(18-5)13-17-11-8(21-13)4-3-7(14)10(11)15/h3-4H,1-2H3,(H2,16,20). The number of halogens is 2. The summed E-state index contributed by atoms with van der Waals surface area (Å²) in [6.07, 6.45) is 0. The summed E-state index contributed by atoms with van der Waals surface area (Å²) >= 11 is 13.6. The molecule has 0 unspecified atom stereocenters. The van der Waals surface area contributed by atoms with Gasteiger partial charge in [-0.3, -0.25) is 4.79 Å². The summed E-state index contributed by atoms with van der Waals surface area (Å²) in [5.74, 6) is -0.501. The number of hydrogen-bond acceptors (Lipinski definition) is 4. The van der Waals surface area contributed by atoms with Crippen LogP contribution in [0.5, 0.6) is 0 Å². The van der Waals surface area contributed by atoms with Gasteiger partial charge in [0.15, 0.2) is 0 Å². The summed E-state index contributed by atoms with van der Waals surface area (Å²) in [4.78, 5) is 15.9.